The number of hydrogen-bond donors (Lipinski definition) is 0. The van der Waals surface area contributed by atoms with Crippen molar-refractivity contribution in [1.82, 2.24) is 0 Å². The average Bonchev–Trinajstić information content (AvgIpc) is 3.85. The van der Waals surface area contributed by atoms with Crippen molar-refractivity contribution in [2.75, 3.05) is 0 Å². The molecular weight excluding hydrogens is 713 g/mol. The normalized spacial score (nSPS) is 11.9. The van der Waals surface area contributed by atoms with E-state index in [0.717, 1.165) is 0 Å². The maximum Gasteiger partial charge on any atom is 0.0433 e. The quantitative estimate of drug-likeness (QED) is 0.157. The van der Waals surface area contributed by atoms with Crippen LogP contribution in [0.3, 0.4) is 0 Å². The highest BCUT2D eigenvalue weighted by Crippen LogP contribution is 2.44. The standard InChI is InChI=1S/C54H32S2/c1-2-16-42-41(15-1)43-27-25-35(33-11-7-13-37(29-33)39-19-9-21-47-45-17-3-5-23-51(45)55-53(39)47)32-50(43)44-28-26-36(31-49(42)44)34-12-8-14-38(30-34)40-20-10-22-48-46-18-4-6-24-52(46)56-54(40)48/h1-32H. The Balaban J connectivity index is 0.990. The minimum Gasteiger partial charge on any atom is -0.135 e. The lowest BCUT2D eigenvalue weighted by molar-refractivity contribution is 1.63. The van der Waals surface area contributed by atoms with Gasteiger partial charge in [-0.15, -0.1) is 22.7 Å². The summed E-state index contributed by atoms with van der Waals surface area (Å²) in [6, 6.07) is 72.2. The number of hydrogen-bond acceptors (Lipinski definition) is 2. The molecule has 0 radical (unpaired) electrons. The number of thiophene rings is 2. The summed E-state index contributed by atoms with van der Waals surface area (Å²) in [6.07, 6.45) is 0. The van der Waals surface area contributed by atoms with Gasteiger partial charge in [0.25, 0.3) is 0 Å². The molecule has 0 saturated heterocycles. The topological polar surface area (TPSA) is 0 Å². The summed E-state index contributed by atoms with van der Waals surface area (Å²) in [5.41, 5.74) is 9.99. The average molecular weight is 745 g/mol. The van der Waals surface area contributed by atoms with E-state index in [1.165, 1.54) is 117 Å². The van der Waals surface area contributed by atoms with Crippen LogP contribution in [0.2, 0.25) is 0 Å². The highest BCUT2D eigenvalue weighted by atomic mass is 32.1. The fraction of sp³-hybridized carbons (Fsp3) is 0. The van der Waals surface area contributed by atoms with Crippen LogP contribution in [0.1, 0.15) is 0 Å². The monoisotopic (exact) mass is 744 g/mol. The Bertz CT molecular complexity index is 3350. The molecule has 260 valence electrons. The lowest BCUT2D eigenvalue weighted by atomic mass is 9.89. The molecule has 0 unspecified atom stereocenters. The molecule has 0 N–H and O–H groups in total. The molecule has 0 bridgehead atoms. The summed E-state index contributed by atoms with van der Waals surface area (Å²) >= 11 is 3.78. The van der Waals surface area contributed by atoms with Gasteiger partial charge in [0.15, 0.2) is 0 Å². The van der Waals surface area contributed by atoms with E-state index >= 15 is 0 Å². The Morgan fingerprint density at radius 1 is 0.214 bits per heavy atom. The van der Waals surface area contributed by atoms with Gasteiger partial charge in [-0.1, -0.05) is 158 Å². The third-order valence-electron chi connectivity index (χ3n) is 11.7. The van der Waals surface area contributed by atoms with Crippen molar-refractivity contribution < 1.29 is 0 Å². The van der Waals surface area contributed by atoms with Gasteiger partial charge >= 0.3 is 0 Å². The Morgan fingerprint density at radius 2 is 0.571 bits per heavy atom. The van der Waals surface area contributed by atoms with E-state index < -0.39 is 0 Å². The third kappa shape index (κ3) is 4.90. The zero-order valence-electron chi connectivity index (χ0n) is 30.3. The summed E-state index contributed by atoms with van der Waals surface area (Å²) in [5.74, 6) is 0. The van der Waals surface area contributed by atoms with Crippen molar-refractivity contribution in [1.29, 1.82) is 0 Å². The van der Waals surface area contributed by atoms with E-state index in [1.54, 1.807) is 0 Å². The Kier molecular flexibility index (Phi) is 7.07. The Hall–Kier alpha value is -6.58. The van der Waals surface area contributed by atoms with Gasteiger partial charge < -0.3 is 0 Å². The molecule has 2 aromatic heterocycles. The Morgan fingerprint density at radius 3 is 1.09 bits per heavy atom. The largest absolute Gasteiger partial charge is 0.135 e. The van der Waals surface area contributed by atoms with Crippen molar-refractivity contribution in [2.45, 2.75) is 0 Å². The molecule has 0 aliphatic carbocycles. The van der Waals surface area contributed by atoms with Gasteiger partial charge in [0.1, 0.15) is 0 Å². The molecule has 2 heterocycles. The molecule has 0 amide bonds. The molecule has 56 heavy (non-hydrogen) atoms. The Labute approximate surface area is 332 Å². The van der Waals surface area contributed by atoms with Gasteiger partial charge in [-0.2, -0.15) is 0 Å². The van der Waals surface area contributed by atoms with Gasteiger partial charge in [-0.05, 0) is 113 Å². The van der Waals surface area contributed by atoms with E-state index in [1.807, 2.05) is 22.7 Å². The van der Waals surface area contributed by atoms with Crippen molar-refractivity contribution >= 4 is 95.3 Å². The zero-order valence-corrected chi connectivity index (χ0v) is 31.9. The third-order valence-corrected chi connectivity index (χ3v) is 14.1. The van der Waals surface area contributed by atoms with E-state index in [2.05, 4.69) is 194 Å². The van der Waals surface area contributed by atoms with E-state index in [4.69, 9.17) is 0 Å². The van der Waals surface area contributed by atoms with Crippen LogP contribution in [0.15, 0.2) is 194 Å². The van der Waals surface area contributed by atoms with Crippen molar-refractivity contribution in [3.05, 3.63) is 194 Å². The van der Waals surface area contributed by atoms with Crippen LogP contribution >= 0.6 is 22.7 Å². The predicted octanol–water partition coefficient (Wildman–Crippen LogP) is 16.5. The van der Waals surface area contributed by atoms with Gasteiger partial charge in [0, 0.05) is 40.3 Å². The minimum atomic E-state index is 1.23. The first-order valence-corrected chi connectivity index (χ1v) is 20.8. The van der Waals surface area contributed by atoms with Gasteiger partial charge in [-0.3, -0.25) is 0 Å². The molecule has 0 saturated carbocycles. The van der Waals surface area contributed by atoms with Crippen LogP contribution in [0.5, 0.6) is 0 Å². The summed E-state index contributed by atoms with van der Waals surface area (Å²) in [4.78, 5) is 0. The summed E-state index contributed by atoms with van der Waals surface area (Å²) in [5, 5.41) is 13.0. The number of rotatable bonds is 4. The second-order valence-corrected chi connectivity index (χ2v) is 16.9. The maximum atomic E-state index is 2.41. The molecule has 2 heteroatoms. The van der Waals surface area contributed by atoms with E-state index in [9.17, 15) is 0 Å². The molecule has 0 spiro atoms. The molecule has 12 rings (SSSR count). The van der Waals surface area contributed by atoms with E-state index in [0.29, 0.717) is 0 Å². The second kappa shape index (κ2) is 12.5. The molecule has 10 aromatic carbocycles. The highest BCUT2D eigenvalue weighted by Gasteiger charge is 2.15. The predicted molar refractivity (Wildman–Crippen MR) is 246 cm³/mol. The van der Waals surface area contributed by atoms with Crippen LogP contribution in [0.25, 0.3) is 117 Å². The first kappa shape index (κ1) is 31.7. The van der Waals surface area contributed by atoms with Gasteiger partial charge in [-0.25, -0.2) is 0 Å². The van der Waals surface area contributed by atoms with Crippen LogP contribution in [-0.4, -0.2) is 0 Å². The second-order valence-electron chi connectivity index (χ2n) is 14.8. The van der Waals surface area contributed by atoms with E-state index in [-0.39, 0.29) is 0 Å². The van der Waals surface area contributed by atoms with Crippen LogP contribution in [0.4, 0.5) is 0 Å². The van der Waals surface area contributed by atoms with Crippen LogP contribution in [-0.2, 0) is 0 Å². The van der Waals surface area contributed by atoms with Crippen molar-refractivity contribution in [2.24, 2.45) is 0 Å². The van der Waals surface area contributed by atoms with Crippen LogP contribution < -0.4 is 0 Å². The van der Waals surface area contributed by atoms with Crippen molar-refractivity contribution in [3.63, 3.8) is 0 Å². The maximum absolute atomic E-state index is 2.41. The summed E-state index contributed by atoms with van der Waals surface area (Å²) in [7, 11) is 0. The number of fused-ring (bicyclic) bond motifs is 12. The SMILES string of the molecule is c1cc(-c2ccc3c(c2)c2ccccc2c2ccc(-c4cccc(-c5cccc6c5sc5ccccc56)c4)cc23)cc(-c2cccc3c2sc2ccccc23)c1. The molecule has 0 aliphatic rings. The summed E-state index contributed by atoms with van der Waals surface area (Å²) in [6.45, 7) is 0. The molecule has 0 nitrogen and oxygen atoms in total. The van der Waals surface area contributed by atoms with Crippen molar-refractivity contribution in [3.8, 4) is 44.5 Å². The lowest BCUT2D eigenvalue weighted by Gasteiger charge is -2.14. The summed E-state index contributed by atoms with van der Waals surface area (Å²) < 4.78 is 5.36. The zero-order chi connectivity index (χ0) is 36.7. The minimum absolute atomic E-state index is 1.23. The molecular formula is C54H32S2. The fourth-order valence-electron chi connectivity index (χ4n) is 9.00. The van der Waals surface area contributed by atoms with Gasteiger partial charge in [0.2, 0.25) is 0 Å². The lowest BCUT2D eigenvalue weighted by Crippen LogP contribution is -1.87. The highest BCUT2D eigenvalue weighted by molar-refractivity contribution is 7.26. The van der Waals surface area contributed by atoms with Crippen LogP contribution in [0, 0.1) is 0 Å². The fourth-order valence-corrected chi connectivity index (χ4v) is 11.5. The smallest absolute Gasteiger partial charge is 0.0433 e. The molecule has 0 aliphatic heterocycles. The molecule has 0 atom stereocenters. The number of benzene rings is 10. The first-order chi connectivity index (χ1) is 27.7. The molecule has 12 aromatic rings. The first-order valence-electron chi connectivity index (χ1n) is 19.2. The van der Waals surface area contributed by atoms with Gasteiger partial charge in [0.05, 0.1) is 0 Å². The molecule has 0 fully saturated rings.